The lowest BCUT2D eigenvalue weighted by Gasteiger charge is -1.69. The maximum absolute atomic E-state index is 9.44. The third-order valence-corrected chi connectivity index (χ3v) is 0.447. The third kappa shape index (κ3) is 280. The minimum Gasteiger partial charge on any atom is -0.396 e. The third-order valence-electron chi connectivity index (χ3n) is 0.447. The van der Waals surface area contributed by atoms with Crippen molar-refractivity contribution in [1.82, 2.24) is 0 Å². The van der Waals surface area contributed by atoms with Crippen LogP contribution >= 0.6 is 0 Å². The molecule has 0 bridgehead atoms. The molecule has 0 rings (SSSR count). The number of hydrogen-bond acceptors (Lipinski definition) is 3. The summed E-state index contributed by atoms with van der Waals surface area (Å²) in [5, 5.41) is 15.8. The monoisotopic (exact) mass is 178 g/mol. The second-order valence-corrected chi connectivity index (χ2v) is 2.36. The molecule has 0 aliphatic carbocycles. The molecule has 0 spiro atoms. The van der Waals surface area contributed by atoms with Gasteiger partial charge in [0.25, 0.3) is 0 Å². The van der Waals surface area contributed by atoms with E-state index in [-0.39, 0.29) is 5.78 Å². The Morgan fingerprint density at radius 3 is 1.08 bits per heavy atom. The standard InChI is InChI=1S/C3H6O.2C3H8O/c1-3(2)4;2*1-2-3-4/h1-2H3;2*4H,2-3H2,1H3. The molecule has 3 nitrogen and oxygen atoms in total. The summed E-state index contributed by atoms with van der Waals surface area (Å²) < 4.78 is 0. The molecule has 0 heterocycles. The van der Waals surface area contributed by atoms with Crippen molar-refractivity contribution in [3.05, 3.63) is 0 Å². The lowest BCUT2D eigenvalue weighted by molar-refractivity contribution is -0.114. The number of ketones is 1. The molecule has 0 aliphatic heterocycles. The van der Waals surface area contributed by atoms with Crippen LogP contribution in [0.25, 0.3) is 0 Å². The van der Waals surface area contributed by atoms with Crippen LogP contribution in [-0.4, -0.2) is 29.2 Å². The molecule has 0 fully saturated rings. The molecule has 0 radical (unpaired) electrons. The van der Waals surface area contributed by atoms with Gasteiger partial charge in [-0.25, -0.2) is 0 Å². The fourth-order valence-corrected chi connectivity index (χ4v) is 0. The van der Waals surface area contributed by atoms with Gasteiger partial charge in [-0.15, -0.1) is 0 Å². The Morgan fingerprint density at radius 1 is 1.00 bits per heavy atom. The molecule has 0 amide bonds. The predicted octanol–water partition coefficient (Wildman–Crippen LogP) is 1.37. The van der Waals surface area contributed by atoms with Crippen LogP contribution in [-0.2, 0) is 4.79 Å². The minimum atomic E-state index is 0.167. The maximum Gasteiger partial charge on any atom is 0.126 e. The van der Waals surface area contributed by atoms with Gasteiger partial charge in [0.1, 0.15) is 5.78 Å². The second-order valence-electron chi connectivity index (χ2n) is 2.36. The van der Waals surface area contributed by atoms with Gasteiger partial charge >= 0.3 is 0 Å². The van der Waals surface area contributed by atoms with Crippen molar-refractivity contribution >= 4 is 5.78 Å². The Bertz CT molecular complexity index is 60.2. The molecule has 0 aliphatic rings. The Labute approximate surface area is 75.4 Å². The summed E-state index contributed by atoms with van der Waals surface area (Å²) in [4.78, 5) is 9.44. The van der Waals surface area contributed by atoms with Crippen LogP contribution in [0.1, 0.15) is 40.5 Å². The average Bonchev–Trinajstić information content (AvgIpc) is 2.03. The Morgan fingerprint density at radius 2 is 1.08 bits per heavy atom. The van der Waals surface area contributed by atoms with Crippen molar-refractivity contribution in [3.8, 4) is 0 Å². The molecule has 12 heavy (non-hydrogen) atoms. The van der Waals surface area contributed by atoms with Gasteiger partial charge in [0.05, 0.1) is 0 Å². The van der Waals surface area contributed by atoms with Crippen molar-refractivity contribution in [3.63, 3.8) is 0 Å². The summed E-state index contributed by atoms with van der Waals surface area (Å²) in [6.07, 6.45) is 1.75. The predicted molar refractivity (Wildman–Crippen MR) is 51.1 cm³/mol. The number of hydrogen-bond donors (Lipinski definition) is 2. The summed E-state index contributed by atoms with van der Waals surface area (Å²) in [6.45, 7) is 7.56. The fourth-order valence-electron chi connectivity index (χ4n) is 0. The van der Waals surface area contributed by atoms with Crippen LogP contribution in [0.4, 0.5) is 0 Å². The van der Waals surface area contributed by atoms with Gasteiger partial charge in [-0.1, -0.05) is 13.8 Å². The summed E-state index contributed by atoms with van der Waals surface area (Å²) in [5.74, 6) is 0.167. The van der Waals surface area contributed by atoms with Gasteiger partial charge in [-0.05, 0) is 26.7 Å². The lowest BCUT2D eigenvalue weighted by Crippen LogP contribution is -1.69. The molecule has 0 aromatic rings. The van der Waals surface area contributed by atoms with E-state index >= 15 is 0 Å². The molecular formula is C9H22O3. The number of rotatable bonds is 2. The molecule has 3 heteroatoms. The Balaban J connectivity index is -0.000000101. The van der Waals surface area contributed by atoms with Gasteiger partial charge in [0.2, 0.25) is 0 Å². The number of aliphatic hydroxyl groups is 2. The minimum absolute atomic E-state index is 0.167. The van der Waals surface area contributed by atoms with E-state index in [1.165, 1.54) is 13.8 Å². The first kappa shape index (κ1) is 17.6. The molecule has 76 valence electrons. The van der Waals surface area contributed by atoms with E-state index in [0.29, 0.717) is 13.2 Å². The van der Waals surface area contributed by atoms with Gasteiger partial charge in [-0.3, -0.25) is 0 Å². The molecule has 0 saturated carbocycles. The zero-order valence-corrected chi connectivity index (χ0v) is 8.63. The topological polar surface area (TPSA) is 57.5 Å². The first-order valence-corrected chi connectivity index (χ1v) is 4.25. The molecular weight excluding hydrogens is 156 g/mol. The SMILES string of the molecule is CC(C)=O.CCCO.CCCO. The van der Waals surface area contributed by atoms with E-state index < -0.39 is 0 Å². The summed E-state index contributed by atoms with van der Waals surface area (Å²) in [6, 6.07) is 0. The lowest BCUT2D eigenvalue weighted by atomic mass is 10.5. The summed E-state index contributed by atoms with van der Waals surface area (Å²) in [7, 11) is 0. The van der Waals surface area contributed by atoms with Gasteiger partial charge < -0.3 is 15.0 Å². The summed E-state index contributed by atoms with van der Waals surface area (Å²) >= 11 is 0. The van der Waals surface area contributed by atoms with Crippen LogP contribution in [0, 0.1) is 0 Å². The zero-order chi connectivity index (χ0) is 10.4. The van der Waals surface area contributed by atoms with E-state index in [4.69, 9.17) is 10.2 Å². The van der Waals surface area contributed by atoms with E-state index in [1.54, 1.807) is 0 Å². The van der Waals surface area contributed by atoms with E-state index in [1.807, 2.05) is 13.8 Å². The van der Waals surface area contributed by atoms with Gasteiger partial charge in [-0.2, -0.15) is 0 Å². The summed E-state index contributed by atoms with van der Waals surface area (Å²) in [5.41, 5.74) is 0. The van der Waals surface area contributed by atoms with E-state index in [0.717, 1.165) is 12.8 Å². The second kappa shape index (κ2) is 22.4. The van der Waals surface area contributed by atoms with Crippen molar-refractivity contribution in [2.45, 2.75) is 40.5 Å². The van der Waals surface area contributed by atoms with E-state index in [9.17, 15) is 4.79 Å². The van der Waals surface area contributed by atoms with E-state index in [2.05, 4.69) is 0 Å². The fraction of sp³-hybridized carbons (Fsp3) is 0.889. The smallest absolute Gasteiger partial charge is 0.126 e. The number of aliphatic hydroxyl groups excluding tert-OH is 2. The van der Waals surface area contributed by atoms with Crippen molar-refractivity contribution < 1.29 is 15.0 Å². The quantitative estimate of drug-likeness (QED) is 0.671. The first-order chi connectivity index (χ1) is 5.56. The zero-order valence-electron chi connectivity index (χ0n) is 8.63. The Hall–Kier alpha value is -0.410. The van der Waals surface area contributed by atoms with Gasteiger partial charge in [0.15, 0.2) is 0 Å². The molecule has 0 atom stereocenters. The number of carbonyl (C=O) groups excluding carboxylic acids is 1. The molecule has 0 aromatic heterocycles. The molecule has 0 unspecified atom stereocenters. The van der Waals surface area contributed by atoms with Crippen LogP contribution in [0.15, 0.2) is 0 Å². The highest BCUT2D eigenvalue weighted by Gasteiger charge is 1.62. The van der Waals surface area contributed by atoms with Crippen molar-refractivity contribution in [2.24, 2.45) is 0 Å². The van der Waals surface area contributed by atoms with Crippen LogP contribution in [0.5, 0.6) is 0 Å². The maximum atomic E-state index is 9.44. The van der Waals surface area contributed by atoms with Crippen LogP contribution in [0.2, 0.25) is 0 Å². The normalized spacial score (nSPS) is 7.17. The van der Waals surface area contributed by atoms with Gasteiger partial charge in [0, 0.05) is 13.2 Å². The van der Waals surface area contributed by atoms with Crippen molar-refractivity contribution in [2.75, 3.05) is 13.2 Å². The average molecular weight is 178 g/mol. The number of carbonyl (C=O) groups is 1. The highest BCUT2D eigenvalue weighted by molar-refractivity contribution is 5.72. The van der Waals surface area contributed by atoms with Crippen LogP contribution in [0.3, 0.4) is 0 Å². The van der Waals surface area contributed by atoms with Crippen molar-refractivity contribution in [1.29, 1.82) is 0 Å². The Kier molecular flexibility index (Phi) is 32.9. The molecule has 2 N–H and O–H groups in total. The largest absolute Gasteiger partial charge is 0.396 e. The first-order valence-electron chi connectivity index (χ1n) is 4.25. The number of Topliss-reactive ketones (excluding diaryl/α,β-unsaturated/α-hetero) is 1. The van der Waals surface area contributed by atoms with Crippen LogP contribution < -0.4 is 0 Å². The molecule has 0 aromatic carbocycles. The highest BCUT2D eigenvalue weighted by Crippen LogP contribution is 1.61. The highest BCUT2D eigenvalue weighted by atomic mass is 16.3. The molecule has 0 saturated heterocycles.